The van der Waals surface area contributed by atoms with E-state index >= 15 is 0 Å². The molecule has 1 aliphatic heterocycles. The Morgan fingerprint density at radius 1 is 1.14 bits per heavy atom. The molecule has 156 valence electrons. The van der Waals surface area contributed by atoms with Crippen molar-refractivity contribution >= 4 is 39.7 Å². The van der Waals surface area contributed by atoms with Crippen molar-refractivity contribution in [2.24, 2.45) is 0 Å². The molecule has 8 nitrogen and oxygen atoms in total. The van der Waals surface area contributed by atoms with Gasteiger partial charge in [-0.2, -0.15) is 14.3 Å². The molecule has 29 heavy (non-hydrogen) atoms. The second kappa shape index (κ2) is 9.49. The van der Waals surface area contributed by atoms with Crippen LogP contribution < -0.4 is 16.0 Å². The molecule has 4 rings (SSSR count). The predicted molar refractivity (Wildman–Crippen MR) is 118 cm³/mol. The Bertz CT molecular complexity index is 869. The van der Waals surface area contributed by atoms with E-state index in [4.69, 9.17) is 24.5 Å². The van der Waals surface area contributed by atoms with Crippen LogP contribution in [0.15, 0.2) is 11.9 Å². The van der Waals surface area contributed by atoms with Gasteiger partial charge in [0, 0.05) is 44.6 Å². The van der Waals surface area contributed by atoms with Crippen molar-refractivity contribution in [1.82, 2.24) is 19.7 Å². The maximum absolute atomic E-state index is 7.58. The van der Waals surface area contributed by atoms with Crippen molar-refractivity contribution in [2.45, 2.75) is 56.9 Å². The predicted octanol–water partition coefficient (Wildman–Crippen LogP) is 3.85. The summed E-state index contributed by atoms with van der Waals surface area (Å²) in [5.41, 5.74) is 1.71. The van der Waals surface area contributed by atoms with Gasteiger partial charge < -0.3 is 26.1 Å². The number of allylic oxidation sites excluding steroid dienone is 1. The van der Waals surface area contributed by atoms with E-state index in [9.17, 15) is 0 Å². The summed E-state index contributed by atoms with van der Waals surface area (Å²) in [5.74, 6) is 1.75. The number of fused-ring (bicyclic) bond motifs is 1. The standard InChI is InChI=1S/C20H29N7OS/c1-22-12-15(11-21)24-20-25-18(23-14-5-3-2-4-6-14)16-17(27-29-19(16)26-20)13-7-9-28-10-8-13/h11-14,21-22H,2-10H2,1H3,(H2,23,24,25,26)/b15-12+,21-11?. The first-order valence-electron chi connectivity index (χ1n) is 10.4. The van der Waals surface area contributed by atoms with Gasteiger partial charge in [-0.1, -0.05) is 19.3 Å². The molecule has 0 amide bonds. The average Bonchev–Trinajstić information content (AvgIpc) is 3.19. The van der Waals surface area contributed by atoms with Crippen molar-refractivity contribution in [3.8, 4) is 0 Å². The third-order valence-corrected chi connectivity index (χ3v) is 6.38. The molecule has 2 aliphatic rings. The second-order valence-electron chi connectivity index (χ2n) is 7.67. The summed E-state index contributed by atoms with van der Waals surface area (Å²) < 4.78 is 10.3. The van der Waals surface area contributed by atoms with E-state index in [0.717, 1.165) is 47.8 Å². The highest BCUT2D eigenvalue weighted by atomic mass is 32.1. The highest BCUT2D eigenvalue weighted by molar-refractivity contribution is 7.13. The summed E-state index contributed by atoms with van der Waals surface area (Å²) in [6.45, 7) is 1.57. The molecule has 9 heteroatoms. The van der Waals surface area contributed by atoms with E-state index in [2.05, 4.69) is 16.0 Å². The topological polar surface area (TPSA) is 108 Å². The third-order valence-electron chi connectivity index (χ3n) is 5.63. The Morgan fingerprint density at radius 3 is 2.66 bits per heavy atom. The van der Waals surface area contributed by atoms with Crippen LogP contribution in [0.1, 0.15) is 56.6 Å². The van der Waals surface area contributed by atoms with Crippen molar-refractivity contribution in [3.63, 3.8) is 0 Å². The van der Waals surface area contributed by atoms with Gasteiger partial charge in [0.25, 0.3) is 0 Å². The SMILES string of the molecule is CN/C=C(\C=N)Nc1nc(NC2CCCCC2)c2c(C3CCOCC3)nsc2n1. The molecular formula is C20H29N7OS. The van der Waals surface area contributed by atoms with Crippen LogP contribution in [0.25, 0.3) is 10.2 Å². The van der Waals surface area contributed by atoms with E-state index in [0.29, 0.717) is 23.6 Å². The fourth-order valence-electron chi connectivity index (χ4n) is 4.12. The number of anilines is 2. The lowest BCUT2D eigenvalue weighted by molar-refractivity contribution is 0.0850. The molecule has 0 radical (unpaired) electrons. The monoisotopic (exact) mass is 415 g/mol. The average molecular weight is 416 g/mol. The van der Waals surface area contributed by atoms with E-state index in [-0.39, 0.29) is 0 Å². The first-order valence-corrected chi connectivity index (χ1v) is 11.2. The van der Waals surface area contributed by atoms with E-state index in [1.807, 2.05) is 0 Å². The quantitative estimate of drug-likeness (QED) is 0.509. The molecule has 0 spiro atoms. The van der Waals surface area contributed by atoms with Gasteiger partial charge in [-0.05, 0) is 37.2 Å². The van der Waals surface area contributed by atoms with E-state index < -0.39 is 0 Å². The summed E-state index contributed by atoms with van der Waals surface area (Å²) in [5, 5.41) is 18.4. The Labute approximate surface area is 175 Å². The zero-order valence-electron chi connectivity index (χ0n) is 16.8. The summed E-state index contributed by atoms with van der Waals surface area (Å²) in [7, 11) is 1.80. The number of aromatic nitrogens is 3. The fraction of sp³-hybridized carbons (Fsp3) is 0.600. The van der Waals surface area contributed by atoms with Crippen LogP contribution in [-0.4, -0.2) is 46.9 Å². The molecular weight excluding hydrogens is 386 g/mol. The Hall–Kier alpha value is -2.26. The van der Waals surface area contributed by atoms with Crippen LogP contribution in [0.2, 0.25) is 0 Å². The van der Waals surface area contributed by atoms with Gasteiger partial charge in [0.1, 0.15) is 5.82 Å². The van der Waals surface area contributed by atoms with Crippen molar-refractivity contribution < 1.29 is 4.74 Å². The molecule has 2 aromatic heterocycles. The third kappa shape index (κ3) is 4.67. The molecule has 1 aliphatic carbocycles. The van der Waals surface area contributed by atoms with Gasteiger partial charge in [-0.25, -0.2) is 0 Å². The van der Waals surface area contributed by atoms with Crippen LogP contribution in [-0.2, 0) is 4.74 Å². The molecule has 3 heterocycles. The van der Waals surface area contributed by atoms with Gasteiger partial charge >= 0.3 is 0 Å². The van der Waals surface area contributed by atoms with Crippen LogP contribution in [0.4, 0.5) is 11.8 Å². The minimum absolute atomic E-state index is 0.396. The van der Waals surface area contributed by atoms with Crippen LogP contribution in [0, 0.1) is 5.41 Å². The number of ether oxygens (including phenoxy) is 1. The van der Waals surface area contributed by atoms with Gasteiger partial charge in [0.2, 0.25) is 5.95 Å². The minimum atomic E-state index is 0.396. The van der Waals surface area contributed by atoms with Gasteiger partial charge in [-0.3, -0.25) is 0 Å². The van der Waals surface area contributed by atoms with Gasteiger partial charge in [0.15, 0.2) is 4.83 Å². The lowest BCUT2D eigenvalue weighted by Gasteiger charge is -2.25. The molecule has 4 N–H and O–H groups in total. The number of nitrogens with one attached hydrogen (secondary N) is 4. The number of rotatable bonds is 7. The van der Waals surface area contributed by atoms with E-state index in [1.54, 1.807) is 13.2 Å². The molecule has 1 saturated carbocycles. The summed E-state index contributed by atoms with van der Waals surface area (Å²) in [6.07, 6.45) is 11.1. The Balaban J connectivity index is 1.71. The largest absolute Gasteiger partial charge is 0.392 e. The maximum atomic E-state index is 7.58. The van der Waals surface area contributed by atoms with Crippen LogP contribution >= 0.6 is 11.5 Å². The molecule has 0 atom stereocenters. The lowest BCUT2D eigenvalue weighted by atomic mass is 9.94. The van der Waals surface area contributed by atoms with Gasteiger partial charge in [-0.15, -0.1) is 0 Å². The zero-order valence-corrected chi connectivity index (χ0v) is 17.6. The number of hydrogen-bond acceptors (Lipinski definition) is 9. The molecule has 0 aromatic carbocycles. The fourth-order valence-corrected chi connectivity index (χ4v) is 4.97. The van der Waals surface area contributed by atoms with Gasteiger partial charge in [0.05, 0.1) is 16.8 Å². The first-order chi connectivity index (χ1) is 14.3. The maximum Gasteiger partial charge on any atom is 0.230 e. The minimum Gasteiger partial charge on any atom is -0.392 e. The number of nitrogens with zero attached hydrogens (tertiary/aromatic N) is 3. The first kappa shape index (κ1) is 20.0. The summed E-state index contributed by atoms with van der Waals surface area (Å²) in [4.78, 5) is 10.4. The second-order valence-corrected chi connectivity index (χ2v) is 8.42. The normalized spacial score (nSPS) is 19.3. The molecule has 0 bridgehead atoms. The lowest BCUT2D eigenvalue weighted by Crippen LogP contribution is -2.23. The van der Waals surface area contributed by atoms with Crippen molar-refractivity contribution in [3.05, 3.63) is 17.6 Å². The van der Waals surface area contributed by atoms with Crippen molar-refractivity contribution in [1.29, 1.82) is 5.41 Å². The molecule has 2 fully saturated rings. The number of hydrogen-bond donors (Lipinski definition) is 4. The summed E-state index contributed by atoms with van der Waals surface area (Å²) >= 11 is 1.43. The van der Waals surface area contributed by atoms with Crippen LogP contribution in [0.5, 0.6) is 0 Å². The smallest absolute Gasteiger partial charge is 0.230 e. The van der Waals surface area contributed by atoms with E-state index in [1.165, 1.54) is 49.9 Å². The Morgan fingerprint density at radius 2 is 1.93 bits per heavy atom. The highest BCUT2D eigenvalue weighted by Gasteiger charge is 2.26. The van der Waals surface area contributed by atoms with Crippen LogP contribution in [0.3, 0.4) is 0 Å². The molecule has 2 aromatic rings. The molecule has 1 saturated heterocycles. The van der Waals surface area contributed by atoms with Crippen molar-refractivity contribution in [2.75, 3.05) is 30.9 Å². The zero-order chi connectivity index (χ0) is 20.1. The molecule has 0 unspecified atom stereocenters. The summed E-state index contributed by atoms with van der Waals surface area (Å²) in [6, 6.07) is 0.437. The highest BCUT2D eigenvalue weighted by Crippen LogP contribution is 2.37. The Kier molecular flexibility index (Phi) is 6.56.